The molecule has 39 heavy (non-hydrogen) atoms. The topological polar surface area (TPSA) is 73.6 Å². The maximum atomic E-state index is 11.3. The number of aromatic nitrogens is 1. The van der Waals surface area contributed by atoms with Crippen LogP contribution < -0.4 is 0 Å². The van der Waals surface area contributed by atoms with Crippen LogP contribution in [0.4, 0.5) is 0 Å². The Kier molecular flexibility index (Phi) is 8.74. The van der Waals surface area contributed by atoms with Crippen molar-refractivity contribution in [2.75, 3.05) is 0 Å². The van der Waals surface area contributed by atoms with Crippen molar-refractivity contribution in [2.24, 2.45) is 23.2 Å². The van der Waals surface area contributed by atoms with Crippen molar-refractivity contribution in [3.05, 3.63) is 63.7 Å². The average molecular weight is 552 g/mol. The molecule has 1 aromatic rings. The molecule has 4 aliphatic rings. The number of hydrogen-bond donors (Lipinski definition) is 3. The van der Waals surface area contributed by atoms with Crippen molar-refractivity contribution < 1.29 is 15.3 Å². The van der Waals surface area contributed by atoms with E-state index in [1.165, 1.54) is 49.8 Å². The number of aryl methyl sites for hydroxylation is 1. The third-order valence-electron chi connectivity index (χ3n) is 10.7. The fraction of sp³-hybridized carbons (Fsp3) is 0.676. The van der Waals surface area contributed by atoms with Crippen LogP contribution in [0.15, 0.2) is 53.0 Å². The number of rotatable bonds is 9. The summed E-state index contributed by atoms with van der Waals surface area (Å²) in [7, 11) is 0. The normalized spacial score (nSPS) is 36.0. The van der Waals surface area contributed by atoms with Crippen molar-refractivity contribution in [1.29, 1.82) is 0 Å². The Bertz CT molecular complexity index is 1130. The Morgan fingerprint density at radius 3 is 2.72 bits per heavy atom. The first-order chi connectivity index (χ1) is 18.7. The van der Waals surface area contributed by atoms with Crippen LogP contribution in [0.2, 0.25) is 0 Å². The SMILES string of the molecule is C=C1/C(=C\C=C2/CCC[C@]3(C)[C@@H]([C@H](C)/C=C/[C@H](O)C4(c5nc(CCCC)cs5)CC4)CC[C@@H]23)C[C@@H](O)C[C@@H]1O. The molecule has 0 bridgehead atoms. The van der Waals surface area contributed by atoms with Crippen LogP contribution in [0, 0.1) is 23.2 Å². The highest BCUT2D eigenvalue weighted by Gasteiger charge is 2.53. The molecule has 0 unspecified atom stereocenters. The first-order valence-corrected chi connectivity index (χ1v) is 16.3. The molecule has 1 aromatic heterocycles. The number of allylic oxidation sites excluding steroid dienone is 4. The van der Waals surface area contributed by atoms with E-state index in [2.05, 4.69) is 57.0 Å². The van der Waals surface area contributed by atoms with E-state index in [9.17, 15) is 15.3 Å². The van der Waals surface area contributed by atoms with E-state index in [0.29, 0.717) is 30.6 Å². The number of nitrogens with zero attached hydrogens (tertiary/aromatic N) is 1. The van der Waals surface area contributed by atoms with E-state index in [1.807, 2.05) is 0 Å². The van der Waals surface area contributed by atoms with Crippen molar-refractivity contribution in [1.82, 2.24) is 4.98 Å². The van der Waals surface area contributed by atoms with Crippen LogP contribution in [0.1, 0.15) is 102 Å². The summed E-state index contributed by atoms with van der Waals surface area (Å²) in [5, 5.41) is 35.0. The minimum absolute atomic E-state index is 0.161. The molecule has 0 radical (unpaired) electrons. The zero-order valence-electron chi connectivity index (χ0n) is 24.2. The van der Waals surface area contributed by atoms with Crippen molar-refractivity contribution in [3.63, 3.8) is 0 Å². The van der Waals surface area contributed by atoms with Gasteiger partial charge < -0.3 is 15.3 Å². The van der Waals surface area contributed by atoms with E-state index in [4.69, 9.17) is 4.98 Å². The van der Waals surface area contributed by atoms with Crippen molar-refractivity contribution in [2.45, 2.75) is 122 Å². The van der Waals surface area contributed by atoms with Crippen LogP contribution in [-0.2, 0) is 11.8 Å². The van der Waals surface area contributed by atoms with Gasteiger partial charge >= 0.3 is 0 Å². The van der Waals surface area contributed by atoms with Gasteiger partial charge in [0.05, 0.1) is 29.4 Å². The molecule has 0 spiro atoms. The number of fused-ring (bicyclic) bond motifs is 1. The molecule has 5 heteroatoms. The second-order valence-corrected chi connectivity index (χ2v) is 14.1. The van der Waals surface area contributed by atoms with Gasteiger partial charge in [-0.3, -0.25) is 0 Å². The summed E-state index contributed by atoms with van der Waals surface area (Å²) in [6, 6.07) is 0. The lowest BCUT2D eigenvalue weighted by atomic mass is 9.61. The lowest BCUT2D eigenvalue weighted by molar-refractivity contribution is 0.0862. The first kappa shape index (κ1) is 29.0. The van der Waals surface area contributed by atoms with Gasteiger partial charge in [0, 0.05) is 11.8 Å². The zero-order chi connectivity index (χ0) is 27.8. The minimum atomic E-state index is -0.637. The quantitative estimate of drug-likeness (QED) is 0.284. The standard InChI is InChI=1S/C34H49NO3S/c1-5-6-9-26-21-39-32(35-26)34(17-18-34)31(38)15-10-22(2)28-13-14-29-24(8-7-16-33(28,29)4)11-12-25-19-27(36)20-30(37)23(25)3/h10-12,15,21-22,27-31,36-38H,3,5-9,13-14,16-20H2,1-2,4H3/b15-10+,24-11+,25-12-/t22-,27-,28-,29+,30+,31+,33-/m1/s1. The van der Waals surface area contributed by atoms with E-state index < -0.39 is 18.3 Å². The highest BCUT2D eigenvalue weighted by molar-refractivity contribution is 7.09. The molecule has 5 rings (SSSR count). The Hall–Kier alpha value is -1.53. The molecule has 0 aliphatic heterocycles. The molecule has 4 fully saturated rings. The summed E-state index contributed by atoms with van der Waals surface area (Å²) >= 11 is 1.74. The molecule has 4 saturated carbocycles. The highest BCUT2D eigenvalue weighted by atomic mass is 32.1. The minimum Gasteiger partial charge on any atom is -0.393 e. The second kappa shape index (κ2) is 11.8. The summed E-state index contributed by atoms with van der Waals surface area (Å²) in [5.41, 5.74) is 4.58. The summed E-state index contributed by atoms with van der Waals surface area (Å²) in [5.74, 6) is 1.60. The number of aliphatic hydroxyl groups is 3. The van der Waals surface area contributed by atoms with Crippen LogP contribution in [0.25, 0.3) is 0 Å². The van der Waals surface area contributed by atoms with Gasteiger partial charge in [-0.2, -0.15) is 0 Å². The Balaban J connectivity index is 1.26. The van der Waals surface area contributed by atoms with Gasteiger partial charge in [-0.1, -0.05) is 63.6 Å². The van der Waals surface area contributed by atoms with Crippen molar-refractivity contribution in [3.8, 4) is 0 Å². The molecular formula is C34H49NO3S. The maximum Gasteiger partial charge on any atom is 0.102 e. The van der Waals surface area contributed by atoms with Gasteiger partial charge in [-0.05, 0) is 98.5 Å². The molecule has 0 aromatic carbocycles. The van der Waals surface area contributed by atoms with E-state index in [1.54, 1.807) is 11.3 Å². The molecule has 7 atom stereocenters. The predicted octanol–water partition coefficient (Wildman–Crippen LogP) is 7.21. The Morgan fingerprint density at radius 1 is 1.18 bits per heavy atom. The average Bonchev–Trinajstić information content (AvgIpc) is 3.44. The zero-order valence-corrected chi connectivity index (χ0v) is 25.1. The smallest absolute Gasteiger partial charge is 0.102 e. The number of hydrogen-bond acceptors (Lipinski definition) is 5. The van der Waals surface area contributed by atoms with Crippen molar-refractivity contribution >= 4 is 11.3 Å². The summed E-state index contributed by atoms with van der Waals surface area (Å²) in [6.07, 6.45) is 19.7. The molecule has 0 amide bonds. The number of unbranched alkanes of at least 4 members (excludes halogenated alkanes) is 1. The lowest BCUT2D eigenvalue weighted by Crippen LogP contribution is -2.35. The largest absolute Gasteiger partial charge is 0.393 e. The Morgan fingerprint density at radius 2 is 1.97 bits per heavy atom. The van der Waals surface area contributed by atoms with Gasteiger partial charge in [0.15, 0.2) is 0 Å². The van der Waals surface area contributed by atoms with Gasteiger partial charge in [0.25, 0.3) is 0 Å². The molecule has 4 aliphatic carbocycles. The molecule has 1 heterocycles. The molecule has 0 saturated heterocycles. The van der Waals surface area contributed by atoms with Gasteiger partial charge in [-0.15, -0.1) is 11.3 Å². The lowest BCUT2D eigenvalue weighted by Gasteiger charge is -2.44. The summed E-state index contributed by atoms with van der Waals surface area (Å²) < 4.78 is 0. The van der Waals surface area contributed by atoms with Crippen LogP contribution in [0.5, 0.6) is 0 Å². The van der Waals surface area contributed by atoms with E-state index in [0.717, 1.165) is 41.8 Å². The Labute approximate surface area is 239 Å². The van der Waals surface area contributed by atoms with Crippen LogP contribution in [-0.4, -0.2) is 38.6 Å². The summed E-state index contributed by atoms with van der Waals surface area (Å²) in [6.45, 7) is 11.2. The fourth-order valence-electron chi connectivity index (χ4n) is 7.99. The van der Waals surface area contributed by atoms with E-state index >= 15 is 0 Å². The third-order valence-corrected chi connectivity index (χ3v) is 11.8. The van der Waals surface area contributed by atoms with Gasteiger partial charge in [0.1, 0.15) is 5.01 Å². The summed E-state index contributed by atoms with van der Waals surface area (Å²) in [4.78, 5) is 4.93. The van der Waals surface area contributed by atoms with Gasteiger partial charge in [0.2, 0.25) is 0 Å². The molecular weight excluding hydrogens is 502 g/mol. The molecule has 4 nitrogen and oxygen atoms in total. The second-order valence-electron chi connectivity index (χ2n) is 13.3. The molecule has 214 valence electrons. The highest BCUT2D eigenvalue weighted by Crippen LogP contribution is 2.60. The number of aliphatic hydroxyl groups excluding tert-OH is 3. The maximum absolute atomic E-state index is 11.3. The van der Waals surface area contributed by atoms with Crippen LogP contribution >= 0.6 is 11.3 Å². The predicted molar refractivity (Wildman–Crippen MR) is 161 cm³/mol. The van der Waals surface area contributed by atoms with Gasteiger partial charge in [-0.25, -0.2) is 4.98 Å². The monoisotopic (exact) mass is 551 g/mol. The fourth-order valence-corrected chi connectivity index (χ4v) is 9.13. The van der Waals surface area contributed by atoms with E-state index in [-0.39, 0.29) is 10.8 Å². The third kappa shape index (κ3) is 5.80. The van der Waals surface area contributed by atoms with Crippen LogP contribution in [0.3, 0.4) is 0 Å². The first-order valence-electron chi connectivity index (χ1n) is 15.4. The number of thiazole rings is 1. The molecule has 3 N–H and O–H groups in total.